The number of benzene rings is 2. The van der Waals surface area contributed by atoms with E-state index in [1.54, 1.807) is 11.3 Å². The van der Waals surface area contributed by atoms with Gasteiger partial charge in [0.2, 0.25) is 0 Å². The van der Waals surface area contributed by atoms with Gasteiger partial charge in [0.1, 0.15) is 5.01 Å². The number of rotatable bonds is 5. The lowest BCUT2D eigenvalue weighted by atomic mass is 10.2. The lowest BCUT2D eigenvalue weighted by Crippen LogP contribution is -2.23. The quantitative estimate of drug-likeness (QED) is 0.707. The van der Waals surface area contributed by atoms with E-state index in [0.29, 0.717) is 6.42 Å². The van der Waals surface area contributed by atoms with Crippen molar-refractivity contribution in [3.8, 4) is 6.07 Å². The molecule has 3 rings (SSSR count). The van der Waals surface area contributed by atoms with Crippen molar-refractivity contribution in [3.05, 3.63) is 59.6 Å². The molecule has 3 nitrogen and oxygen atoms in total. The Bertz CT molecular complexity index is 725. The van der Waals surface area contributed by atoms with Crippen LogP contribution in [0, 0.1) is 11.3 Å². The number of nitriles is 1. The molecule has 0 amide bonds. The molecular formula is C17H15N3S. The van der Waals surface area contributed by atoms with Crippen LogP contribution >= 0.6 is 11.3 Å². The van der Waals surface area contributed by atoms with Crippen molar-refractivity contribution >= 4 is 27.2 Å². The minimum absolute atomic E-state index is 0.514. The van der Waals surface area contributed by atoms with Crippen molar-refractivity contribution in [2.24, 2.45) is 0 Å². The number of hydrogen-bond donors (Lipinski definition) is 0. The molecule has 0 N–H and O–H groups in total. The molecule has 0 saturated heterocycles. The molecule has 21 heavy (non-hydrogen) atoms. The number of para-hydroxylation sites is 2. The number of thiazole rings is 1. The molecule has 0 spiro atoms. The Morgan fingerprint density at radius 3 is 2.57 bits per heavy atom. The lowest BCUT2D eigenvalue weighted by molar-refractivity contribution is 0.795. The van der Waals surface area contributed by atoms with Gasteiger partial charge in [0, 0.05) is 12.2 Å². The Morgan fingerprint density at radius 2 is 1.81 bits per heavy atom. The van der Waals surface area contributed by atoms with Crippen LogP contribution in [0.15, 0.2) is 54.6 Å². The van der Waals surface area contributed by atoms with Crippen molar-refractivity contribution in [3.63, 3.8) is 0 Å². The second-order valence-electron chi connectivity index (χ2n) is 4.74. The fourth-order valence-electron chi connectivity index (χ4n) is 2.27. The van der Waals surface area contributed by atoms with Crippen molar-refractivity contribution in [2.75, 3.05) is 11.4 Å². The second kappa shape index (κ2) is 6.38. The first-order valence-electron chi connectivity index (χ1n) is 6.88. The van der Waals surface area contributed by atoms with E-state index in [4.69, 9.17) is 5.26 Å². The fraction of sp³-hybridized carbons (Fsp3) is 0.176. The highest BCUT2D eigenvalue weighted by Crippen LogP contribution is 2.24. The van der Waals surface area contributed by atoms with Crippen molar-refractivity contribution in [2.45, 2.75) is 13.0 Å². The van der Waals surface area contributed by atoms with Gasteiger partial charge in [-0.1, -0.05) is 30.3 Å². The number of nitrogens with zero attached hydrogens (tertiary/aromatic N) is 3. The monoisotopic (exact) mass is 293 g/mol. The van der Waals surface area contributed by atoms with Gasteiger partial charge in [0.05, 0.1) is 29.3 Å². The zero-order chi connectivity index (χ0) is 14.5. The highest BCUT2D eigenvalue weighted by Gasteiger charge is 2.10. The predicted octanol–water partition coefficient (Wildman–Crippen LogP) is 4.22. The number of aromatic nitrogens is 1. The minimum Gasteiger partial charge on any atom is -0.364 e. The Balaban J connectivity index is 1.85. The van der Waals surface area contributed by atoms with E-state index < -0.39 is 0 Å². The number of anilines is 1. The first kappa shape index (κ1) is 13.6. The third-order valence-electron chi connectivity index (χ3n) is 3.28. The lowest BCUT2D eigenvalue weighted by Gasteiger charge is -2.22. The molecule has 3 aromatic rings. The Hall–Kier alpha value is -2.38. The summed E-state index contributed by atoms with van der Waals surface area (Å²) in [4.78, 5) is 6.89. The van der Waals surface area contributed by atoms with Gasteiger partial charge in [0.15, 0.2) is 0 Å². The zero-order valence-electron chi connectivity index (χ0n) is 11.6. The number of hydrogen-bond acceptors (Lipinski definition) is 4. The van der Waals surface area contributed by atoms with E-state index in [0.717, 1.165) is 29.3 Å². The summed E-state index contributed by atoms with van der Waals surface area (Å²) in [6.07, 6.45) is 0.514. The molecule has 104 valence electrons. The summed E-state index contributed by atoms with van der Waals surface area (Å²) in [5.74, 6) is 0. The highest BCUT2D eigenvalue weighted by molar-refractivity contribution is 7.18. The van der Waals surface area contributed by atoms with Crippen LogP contribution < -0.4 is 4.90 Å². The topological polar surface area (TPSA) is 39.9 Å². The Morgan fingerprint density at radius 1 is 1.05 bits per heavy atom. The average molecular weight is 293 g/mol. The van der Waals surface area contributed by atoms with Crippen LogP contribution in [-0.4, -0.2) is 11.5 Å². The van der Waals surface area contributed by atoms with Gasteiger partial charge in [-0.2, -0.15) is 5.26 Å². The summed E-state index contributed by atoms with van der Waals surface area (Å²) in [6.45, 7) is 1.46. The van der Waals surface area contributed by atoms with E-state index in [2.05, 4.69) is 34.2 Å². The van der Waals surface area contributed by atoms with E-state index >= 15 is 0 Å². The maximum atomic E-state index is 8.85. The summed E-state index contributed by atoms with van der Waals surface area (Å²) in [6, 6.07) is 20.6. The predicted molar refractivity (Wildman–Crippen MR) is 87.3 cm³/mol. The summed E-state index contributed by atoms with van der Waals surface area (Å²) in [5.41, 5.74) is 2.18. The van der Waals surface area contributed by atoms with Crippen LogP contribution in [0.4, 0.5) is 5.69 Å². The summed E-state index contributed by atoms with van der Waals surface area (Å²) < 4.78 is 1.21. The SMILES string of the molecule is N#CCCN(Cc1nc2ccccc2s1)c1ccccc1. The largest absolute Gasteiger partial charge is 0.364 e. The molecule has 0 fully saturated rings. The van der Waals surface area contributed by atoms with Gasteiger partial charge < -0.3 is 4.90 Å². The van der Waals surface area contributed by atoms with Gasteiger partial charge in [-0.15, -0.1) is 11.3 Å². The molecule has 0 aliphatic carbocycles. The first-order chi connectivity index (χ1) is 10.4. The molecule has 0 saturated carbocycles. The molecule has 0 bridgehead atoms. The van der Waals surface area contributed by atoms with E-state index in [9.17, 15) is 0 Å². The molecule has 4 heteroatoms. The van der Waals surface area contributed by atoms with Gasteiger partial charge in [-0.05, 0) is 24.3 Å². The molecule has 0 aliphatic rings. The van der Waals surface area contributed by atoms with Gasteiger partial charge in [-0.25, -0.2) is 4.98 Å². The zero-order valence-corrected chi connectivity index (χ0v) is 12.4. The van der Waals surface area contributed by atoms with E-state index in [1.165, 1.54) is 4.70 Å². The van der Waals surface area contributed by atoms with Gasteiger partial charge in [0.25, 0.3) is 0 Å². The minimum atomic E-state index is 0.514. The Labute approximate surface area is 128 Å². The Kier molecular flexibility index (Phi) is 4.13. The van der Waals surface area contributed by atoms with Gasteiger partial charge >= 0.3 is 0 Å². The third-order valence-corrected chi connectivity index (χ3v) is 4.30. The van der Waals surface area contributed by atoms with Crippen LogP contribution in [0.1, 0.15) is 11.4 Å². The van der Waals surface area contributed by atoms with Crippen molar-refractivity contribution in [1.82, 2.24) is 4.98 Å². The van der Waals surface area contributed by atoms with Crippen molar-refractivity contribution in [1.29, 1.82) is 5.26 Å². The summed E-state index contributed by atoms with van der Waals surface area (Å²) in [5, 5.41) is 9.93. The van der Waals surface area contributed by atoms with Gasteiger partial charge in [-0.3, -0.25) is 0 Å². The van der Waals surface area contributed by atoms with Crippen molar-refractivity contribution < 1.29 is 0 Å². The van der Waals surface area contributed by atoms with Crippen LogP contribution in [0.2, 0.25) is 0 Å². The molecule has 2 aromatic carbocycles. The molecule has 1 heterocycles. The van der Waals surface area contributed by atoms with Crippen LogP contribution in [-0.2, 0) is 6.54 Å². The average Bonchev–Trinajstić information content (AvgIpc) is 2.94. The highest BCUT2D eigenvalue weighted by atomic mass is 32.1. The molecular weight excluding hydrogens is 278 g/mol. The number of fused-ring (bicyclic) bond motifs is 1. The molecule has 0 radical (unpaired) electrons. The van der Waals surface area contributed by atoms with Crippen LogP contribution in [0.3, 0.4) is 0 Å². The smallest absolute Gasteiger partial charge is 0.113 e. The third kappa shape index (κ3) is 3.21. The second-order valence-corrected chi connectivity index (χ2v) is 5.86. The normalized spacial score (nSPS) is 10.4. The van der Waals surface area contributed by atoms with E-state index in [1.807, 2.05) is 36.4 Å². The van der Waals surface area contributed by atoms with Crippen LogP contribution in [0.5, 0.6) is 0 Å². The molecule has 0 aliphatic heterocycles. The fourth-order valence-corrected chi connectivity index (χ4v) is 3.26. The molecule has 1 aromatic heterocycles. The molecule has 0 unspecified atom stereocenters. The summed E-state index contributed by atoms with van der Waals surface area (Å²) >= 11 is 1.72. The maximum Gasteiger partial charge on any atom is 0.113 e. The maximum absolute atomic E-state index is 8.85. The first-order valence-corrected chi connectivity index (χ1v) is 7.70. The van der Waals surface area contributed by atoms with Crippen LogP contribution in [0.25, 0.3) is 10.2 Å². The summed E-state index contributed by atoms with van der Waals surface area (Å²) in [7, 11) is 0. The standard InChI is InChI=1S/C17H15N3S/c18-11-6-12-20(14-7-2-1-3-8-14)13-17-19-15-9-4-5-10-16(15)21-17/h1-5,7-10H,6,12-13H2. The van der Waals surface area contributed by atoms with E-state index in [-0.39, 0.29) is 0 Å². The molecule has 0 atom stereocenters.